The summed E-state index contributed by atoms with van der Waals surface area (Å²) in [5, 5.41) is 20.9. The maximum absolute atomic E-state index is 12.1. The highest BCUT2D eigenvalue weighted by Gasteiger charge is 2.40. The molecule has 3 N–H and O–H groups in total. The Kier molecular flexibility index (Phi) is 6.74. The van der Waals surface area contributed by atoms with Crippen molar-refractivity contribution in [3.05, 3.63) is 65.6 Å². The molecule has 1 fully saturated rings. The van der Waals surface area contributed by atoms with Crippen LogP contribution < -0.4 is 15.5 Å². The molecule has 13 heteroatoms. The monoisotopic (exact) mass is 544 g/mol. The van der Waals surface area contributed by atoms with Crippen molar-refractivity contribution in [3.63, 3.8) is 0 Å². The van der Waals surface area contributed by atoms with Crippen LogP contribution in [0.25, 0.3) is 11.5 Å². The Morgan fingerprint density at radius 2 is 1.85 bits per heavy atom. The molecule has 13 nitrogen and oxygen atoms in total. The molecule has 1 saturated heterocycles. The molecule has 0 unspecified atom stereocenters. The van der Waals surface area contributed by atoms with E-state index in [0.717, 1.165) is 5.56 Å². The van der Waals surface area contributed by atoms with Crippen LogP contribution in [0.3, 0.4) is 0 Å². The van der Waals surface area contributed by atoms with Crippen molar-refractivity contribution in [3.8, 4) is 11.5 Å². The van der Waals surface area contributed by atoms with E-state index in [1.165, 1.54) is 6.20 Å². The summed E-state index contributed by atoms with van der Waals surface area (Å²) in [5.74, 6) is 0.975. The van der Waals surface area contributed by atoms with Gasteiger partial charge in [-0.05, 0) is 24.6 Å². The number of aromatic nitrogens is 5. The lowest BCUT2D eigenvalue weighted by Gasteiger charge is -2.24. The Morgan fingerprint density at radius 3 is 2.62 bits per heavy atom. The van der Waals surface area contributed by atoms with Crippen molar-refractivity contribution >= 4 is 29.4 Å². The number of aliphatic hydroxyl groups excluding tert-OH is 1. The zero-order chi connectivity index (χ0) is 27.7. The van der Waals surface area contributed by atoms with E-state index < -0.39 is 17.6 Å². The number of esters is 1. The first-order valence-corrected chi connectivity index (χ1v) is 12.9. The predicted octanol–water partition coefficient (Wildman–Crippen LogP) is 3.05. The van der Waals surface area contributed by atoms with Gasteiger partial charge in [-0.1, -0.05) is 30.3 Å². The van der Waals surface area contributed by atoms with Gasteiger partial charge < -0.3 is 34.6 Å². The fraction of sp³-hybridized carbons (Fsp3) is 0.333. The molecule has 0 aliphatic carbocycles. The lowest BCUT2D eigenvalue weighted by Crippen LogP contribution is -2.36. The number of rotatable bonds is 8. The van der Waals surface area contributed by atoms with Gasteiger partial charge in [-0.3, -0.25) is 0 Å². The van der Waals surface area contributed by atoms with Gasteiger partial charge in [0.2, 0.25) is 5.95 Å². The Hall–Kier alpha value is -4.62. The minimum Gasteiger partial charge on any atom is -0.449 e. The molecule has 2 aliphatic heterocycles. The minimum atomic E-state index is -0.865. The van der Waals surface area contributed by atoms with Gasteiger partial charge >= 0.3 is 5.97 Å². The number of cyclic esters (lactones) is 1. The van der Waals surface area contributed by atoms with E-state index in [4.69, 9.17) is 14.0 Å². The molecule has 0 radical (unpaired) electrons. The number of hydrogen-bond donors (Lipinski definition) is 3. The van der Waals surface area contributed by atoms with Crippen molar-refractivity contribution in [1.29, 1.82) is 0 Å². The maximum Gasteiger partial charge on any atom is 0.342 e. The molecule has 0 spiro atoms. The standard InChI is InChI=1S/C27H28N8O5/c1-27(2)22-18(24(37)39-27)14-29-25(32-22)31-21-12-19(30-20(15-36)16-6-4-3-5-7-16)17(13-28-21)23-33-26(34-40-23)35-8-10-38-11-9-35/h3-7,12-14,20,36H,8-11,15H2,1-2H3,(H2,28,29,30,31,32)/t20-/m1/s1. The number of nitrogens with one attached hydrogen (secondary N) is 2. The van der Waals surface area contributed by atoms with Crippen LogP contribution in [0.5, 0.6) is 0 Å². The van der Waals surface area contributed by atoms with Gasteiger partial charge in [0.15, 0.2) is 0 Å². The van der Waals surface area contributed by atoms with Gasteiger partial charge in [0.1, 0.15) is 22.7 Å². The van der Waals surface area contributed by atoms with Crippen LogP contribution in [-0.4, -0.2) is 69.1 Å². The molecule has 0 bridgehead atoms. The van der Waals surface area contributed by atoms with Crippen molar-refractivity contribution < 1.29 is 23.9 Å². The van der Waals surface area contributed by atoms with Crippen LogP contribution in [-0.2, 0) is 15.1 Å². The summed E-state index contributed by atoms with van der Waals surface area (Å²) in [5.41, 5.74) is 2.02. The van der Waals surface area contributed by atoms with Gasteiger partial charge in [0.25, 0.3) is 11.8 Å². The van der Waals surface area contributed by atoms with E-state index in [0.29, 0.717) is 60.6 Å². The van der Waals surface area contributed by atoms with Gasteiger partial charge in [0.05, 0.1) is 37.1 Å². The second-order valence-electron chi connectivity index (χ2n) is 9.88. The van der Waals surface area contributed by atoms with Crippen LogP contribution in [0.2, 0.25) is 0 Å². The molecule has 4 aromatic rings. The topological polar surface area (TPSA) is 161 Å². The number of carbonyl (C=O) groups excluding carboxylic acids is 1. The molecular formula is C27H28N8O5. The number of fused-ring (bicyclic) bond motifs is 1. The van der Waals surface area contributed by atoms with E-state index in [-0.39, 0.29) is 18.4 Å². The summed E-state index contributed by atoms with van der Waals surface area (Å²) in [7, 11) is 0. The van der Waals surface area contributed by atoms with Crippen LogP contribution in [0.4, 0.5) is 23.4 Å². The molecule has 0 amide bonds. The third kappa shape index (κ3) is 5.03. The maximum atomic E-state index is 12.1. The molecule has 206 valence electrons. The number of morpholine rings is 1. The van der Waals surface area contributed by atoms with Gasteiger partial charge in [0, 0.05) is 31.5 Å². The molecule has 1 aromatic carbocycles. The average Bonchev–Trinajstić information content (AvgIpc) is 3.55. The third-order valence-corrected chi connectivity index (χ3v) is 6.72. The zero-order valence-corrected chi connectivity index (χ0v) is 22.0. The van der Waals surface area contributed by atoms with Crippen molar-refractivity contribution in [2.75, 3.05) is 48.4 Å². The SMILES string of the molecule is CC1(C)OC(=O)c2cnc(Nc3cc(N[C@H](CO)c4ccccc4)c(-c4nc(N5CCOCC5)no4)cn3)nc21. The molecular weight excluding hydrogens is 516 g/mol. The molecule has 5 heterocycles. The van der Waals surface area contributed by atoms with Crippen molar-refractivity contribution in [1.82, 2.24) is 25.1 Å². The number of carbonyl (C=O) groups is 1. The number of hydrogen-bond acceptors (Lipinski definition) is 13. The normalized spacial score (nSPS) is 16.8. The highest BCUT2D eigenvalue weighted by molar-refractivity contribution is 5.93. The second kappa shape index (κ2) is 10.5. The van der Waals surface area contributed by atoms with Gasteiger partial charge in [-0.15, -0.1) is 0 Å². The highest BCUT2D eigenvalue weighted by Crippen LogP contribution is 2.36. The lowest BCUT2D eigenvalue weighted by atomic mass is 10.0. The lowest BCUT2D eigenvalue weighted by molar-refractivity contribution is 0.00833. The van der Waals surface area contributed by atoms with E-state index in [1.54, 1.807) is 26.1 Å². The molecule has 0 saturated carbocycles. The quantitative estimate of drug-likeness (QED) is 0.278. The smallest absolute Gasteiger partial charge is 0.342 e. The first-order valence-electron chi connectivity index (χ1n) is 12.9. The number of pyridine rings is 1. The van der Waals surface area contributed by atoms with Gasteiger partial charge in [-0.25, -0.2) is 19.7 Å². The van der Waals surface area contributed by atoms with Crippen molar-refractivity contribution in [2.45, 2.75) is 25.5 Å². The number of nitrogens with zero attached hydrogens (tertiary/aromatic N) is 6. The van der Waals surface area contributed by atoms with Crippen LogP contribution in [0, 0.1) is 0 Å². The molecule has 1 atom stereocenters. The van der Waals surface area contributed by atoms with E-state index >= 15 is 0 Å². The minimum absolute atomic E-state index is 0.158. The first kappa shape index (κ1) is 25.6. The number of benzene rings is 1. The van der Waals surface area contributed by atoms with Gasteiger partial charge in [-0.2, -0.15) is 4.98 Å². The first-order chi connectivity index (χ1) is 19.4. The Balaban J connectivity index is 1.34. The molecule has 3 aromatic heterocycles. The molecule has 6 rings (SSSR count). The van der Waals surface area contributed by atoms with E-state index in [2.05, 4.69) is 35.7 Å². The highest BCUT2D eigenvalue weighted by atomic mass is 16.6. The molecule has 2 aliphatic rings. The fourth-order valence-corrected chi connectivity index (χ4v) is 4.64. The molecule has 40 heavy (non-hydrogen) atoms. The zero-order valence-electron chi connectivity index (χ0n) is 22.0. The average molecular weight is 545 g/mol. The third-order valence-electron chi connectivity index (χ3n) is 6.72. The predicted molar refractivity (Wildman–Crippen MR) is 144 cm³/mol. The Bertz CT molecular complexity index is 1520. The van der Waals surface area contributed by atoms with E-state index in [1.807, 2.05) is 35.2 Å². The summed E-state index contributed by atoms with van der Waals surface area (Å²) in [4.78, 5) is 32.0. The summed E-state index contributed by atoms with van der Waals surface area (Å²) in [6.45, 7) is 5.91. The van der Waals surface area contributed by atoms with Crippen LogP contribution in [0.1, 0.15) is 41.5 Å². The fourth-order valence-electron chi connectivity index (χ4n) is 4.64. The number of aliphatic hydroxyl groups is 1. The van der Waals surface area contributed by atoms with Crippen molar-refractivity contribution in [2.24, 2.45) is 0 Å². The summed E-state index contributed by atoms with van der Waals surface area (Å²) < 4.78 is 16.5. The summed E-state index contributed by atoms with van der Waals surface area (Å²) in [6, 6.07) is 10.9. The van der Waals surface area contributed by atoms with Crippen LogP contribution in [0.15, 0.2) is 53.3 Å². The Morgan fingerprint density at radius 1 is 1.07 bits per heavy atom. The van der Waals surface area contributed by atoms with E-state index in [9.17, 15) is 9.90 Å². The second-order valence-corrected chi connectivity index (χ2v) is 9.88. The van der Waals surface area contributed by atoms with Crippen LogP contribution >= 0.6 is 0 Å². The summed E-state index contributed by atoms with van der Waals surface area (Å²) in [6.07, 6.45) is 3.04. The number of anilines is 4. The summed E-state index contributed by atoms with van der Waals surface area (Å²) >= 11 is 0. The number of ether oxygens (including phenoxy) is 2. The Labute approximate surface area is 229 Å². The largest absolute Gasteiger partial charge is 0.449 e.